The molecule has 1 saturated heterocycles. The van der Waals surface area contributed by atoms with Crippen molar-refractivity contribution in [3.05, 3.63) is 39.4 Å². The van der Waals surface area contributed by atoms with Gasteiger partial charge in [-0.25, -0.2) is 4.79 Å². The number of thioether (sulfide) groups is 1. The van der Waals surface area contributed by atoms with Gasteiger partial charge < -0.3 is 9.64 Å². The molecule has 0 spiro atoms. The molecular weight excluding hydrogens is 378 g/mol. The van der Waals surface area contributed by atoms with Crippen LogP contribution in [0.5, 0.6) is 0 Å². The lowest BCUT2D eigenvalue weighted by molar-refractivity contribution is -0.385. The first-order valence-corrected chi connectivity index (χ1v) is 9.11. The number of nitrogens with zero attached hydrogens (tertiary/aromatic N) is 3. The highest BCUT2D eigenvalue weighted by Gasteiger charge is 2.41. The zero-order chi connectivity index (χ0) is 19.7. The van der Waals surface area contributed by atoms with Gasteiger partial charge in [0.1, 0.15) is 11.6 Å². The highest BCUT2D eigenvalue weighted by Crippen LogP contribution is 2.31. The Balaban J connectivity index is 1.72. The van der Waals surface area contributed by atoms with Gasteiger partial charge in [-0.05, 0) is 6.07 Å². The van der Waals surface area contributed by atoms with Crippen molar-refractivity contribution in [1.82, 2.24) is 9.80 Å². The smallest absolute Gasteiger partial charge is 0.329 e. The quantitative estimate of drug-likeness (QED) is 0.309. The number of imide groups is 1. The summed E-state index contributed by atoms with van der Waals surface area (Å²) in [6.07, 6.45) is -0.187. The van der Waals surface area contributed by atoms with E-state index in [-0.39, 0.29) is 24.1 Å². The van der Waals surface area contributed by atoms with E-state index in [9.17, 15) is 29.3 Å². The first-order valence-electron chi connectivity index (χ1n) is 7.95. The zero-order valence-electron chi connectivity index (χ0n) is 14.2. The van der Waals surface area contributed by atoms with E-state index >= 15 is 0 Å². The predicted octanol–water partition coefficient (Wildman–Crippen LogP) is 0.655. The fourth-order valence-electron chi connectivity index (χ4n) is 3.04. The fourth-order valence-corrected chi connectivity index (χ4v) is 4.21. The van der Waals surface area contributed by atoms with Gasteiger partial charge >= 0.3 is 5.97 Å². The minimum absolute atomic E-state index is 0.0502. The molecule has 2 heterocycles. The Hall–Kier alpha value is -2.95. The summed E-state index contributed by atoms with van der Waals surface area (Å²) in [4.78, 5) is 61.6. The average Bonchev–Trinajstić information content (AvgIpc) is 3.24. The fraction of sp³-hybridized carbons (Fsp3) is 0.375. The van der Waals surface area contributed by atoms with Crippen LogP contribution < -0.4 is 0 Å². The molecule has 0 radical (unpaired) electrons. The van der Waals surface area contributed by atoms with Crippen LogP contribution in [0.1, 0.15) is 27.1 Å². The number of benzene rings is 1. The maximum absolute atomic E-state index is 12.5. The van der Waals surface area contributed by atoms with Gasteiger partial charge in [0, 0.05) is 24.8 Å². The van der Waals surface area contributed by atoms with E-state index in [1.807, 2.05) is 0 Å². The van der Waals surface area contributed by atoms with Crippen molar-refractivity contribution in [1.29, 1.82) is 0 Å². The summed E-state index contributed by atoms with van der Waals surface area (Å²) >= 11 is 1.40. The van der Waals surface area contributed by atoms with Crippen molar-refractivity contribution in [3.8, 4) is 0 Å². The van der Waals surface area contributed by atoms with Crippen LogP contribution in [0, 0.1) is 10.1 Å². The Labute approximate surface area is 157 Å². The highest BCUT2D eigenvalue weighted by atomic mass is 32.2. The van der Waals surface area contributed by atoms with Crippen molar-refractivity contribution in [2.24, 2.45) is 0 Å². The van der Waals surface area contributed by atoms with Crippen molar-refractivity contribution in [2.75, 3.05) is 25.3 Å². The molecule has 10 nitrogen and oxygen atoms in total. The molecule has 142 valence electrons. The highest BCUT2D eigenvalue weighted by molar-refractivity contribution is 7.99. The van der Waals surface area contributed by atoms with Crippen LogP contribution in [-0.4, -0.2) is 69.7 Å². The van der Waals surface area contributed by atoms with Crippen LogP contribution in [0.3, 0.4) is 0 Å². The van der Waals surface area contributed by atoms with Crippen LogP contribution in [0.15, 0.2) is 18.2 Å². The van der Waals surface area contributed by atoms with Gasteiger partial charge in [-0.3, -0.25) is 29.4 Å². The van der Waals surface area contributed by atoms with E-state index in [1.165, 1.54) is 35.9 Å². The van der Waals surface area contributed by atoms with E-state index in [0.29, 0.717) is 11.6 Å². The normalized spacial score (nSPS) is 18.6. The summed E-state index contributed by atoms with van der Waals surface area (Å²) in [5.41, 5.74) is -0.753. The van der Waals surface area contributed by atoms with Crippen LogP contribution in [0.4, 0.5) is 5.69 Å². The molecular formula is C16H15N3O7S. The van der Waals surface area contributed by atoms with E-state index < -0.39 is 40.3 Å². The maximum atomic E-state index is 12.5. The lowest BCUT2D eigenvalue weighted by atomic mass is 10.1. The summed E-state index contributed by atoms with van der Waals surface area (Å²) in [5.74, 6) is -1.67. The van der Waals surface area contributed by atoms with Gasteiger partial charge in [-0.15, -0.1) is 11.8 Å². The number of methoxy groups -OCH3 is 1. The van der Waals surface area contributed by atoms with Gasteiger partial charge in [0.2, 0.25) is 5.91 Å². The Morgan fingerprint density at radius 2 is 2.07 bits per heavy atom. The van der Waals surface area contributed by atoms with Crippen molar-refractivity contribution in [2.45, 2.75) is 12.5 Å². The molecule has 27 heavy (non-hydrogen) atoms. The van der Waals surface area contributed by atoms with Crippen LogP contribution in [-0.2, 0) is 14.3 Å². The monoisotopic (exact) mass is 393 g/mol. The number of nitro groups is 1. The number of fused-ring (bicyclic) bond motifs is 1. The Bertz CT molecular complexity index is 856. The molecule has 11 heteroatoms. The number of ether oxygens (including phenoxy) is 1. The first-order chi connectivity index (χ1) is 12.9. The summed E-state index contributed by atoms with van der Waals surface area (Å²) in [6, 6.07) is 3.13. The SMILES string of the molecule is COC(=O)[C@@H]1CSCN1C(=O)CCN1C(=O)c2cccc([N+](=O)[O-])c2C1=O. The zero-order valence-corrected chi connectivity index (χ0v) is 15.1. The number of esters is 1. The van der Waals surface area contributed by atoms with E-state index in [0.717, 1.165) is 11.0 Å². The molecule has 3 amide bonds. The van der Waals surface area contributed by atoms with E-state index in [4.69, 9.17) is 0 Å². The molecule has 2 aliphatic rings. The van der Waals surface area contributed by atoms with Gasteiger partial charge in [0.15, 0.2) is 0 Å². The molecule has 1 aromatic carbocycles. The van der Waals surface area contributed by atoms with Crippen molar-refractivity contribution < 1.29 is 28.8 Å². The third-order valence-electron chi connectivity index (χ3n) is 4.40. The van der Waals surface area contributed by atoms with Crippen LogP contribution >= 0.6 is 11.8 Å². The topological polar surface area (TPSA) is 127 Å². The third kappa shape index (κ3) is 3.25. The summed E-state index contributed by atoms with van der Waals surface area (Å²) in [7, 11) is 1.24. The molecule has 3 rings (SSSR count). The molecule has 2 aliphatic heterocycles. The second kappa shape index (κ2) is 7.35. The molecule has 1 atom stereocenters. The number of carbonyl (C=O) groups is 4. The maximum Gasteiger partial charge on any atom is 0.329 e. The Morgan fingerprint density at radius 3 is 2.74 bits per heavy atom. The van der Waals surface area contributed by atoms with E-state index in [2.05, 4.69) is 4.74 Å². The Morgan fingerprint density at radius 1 is 1.33 bits per heavy atom. The largest absolute Gasteiger partial charge is 0.467 e. The van der Waals surface area contributed by atoms with Crippen molar-refractivity contribution >= 4 is 41.1 Å². The molecule has 1 fully saturated rings. The van der Waals surface area contributed by atoms with Gasteiger partial charge in [-0.2, -0.15) is 0 Å². The molecule has 0 aromatic heterocycles. The number of carbonyl (C=O) groups excluding carboxylic acids is 4. The minimum Gasteiger partial charge on any atom is -0.467 e. The second-order valence-electron chi connectivity index (χ2n) is 5.87. The average molecular weight is 393 g/mol. The van der Waals surface area contributed by atoms with Crippen LogP contribution in [0.25, 0.3) is 0 Å². The number of amides is 3. The third-order valence-corrected chi connectivity index (χ3v) is 5.41. The number of nitro benzene ring substituents is 1. The molecule has 1 aromatic rings. The second-order valence-corrected chi connectivity index (χ2v) is 6.87. The molecule has 0 unspecified atom stereocenters. The van der Waals surface area contributed by atoms with Gasteiger partial charge in [0.05, 0.1) is 23.5 Å². The van der Waals surface area contributed by atoms with Gasteiger partial charge in [0.25, 0.3) is 17.5 Å². The molecule has 0 aliphatic carbocycles. The molecule has 0 N–H and O–H groups in total. The lowest BCUT2D eigenvalue weighted by Crippen LogP contribution is -2.44. The summed E-state index contributed by atoms with van der Waals surface area (Å²) in [5, 5.41) is 11.1. The number of hydrogen-bond donors (Lipinski definition) is 0. The summed E-state index contributed by atoms with van der Waals surface area (Å²) < 4.78 is 4.68. The number of hydrogen-bond acceptors (Lipinski definition) is 8. The van der Waals surface area contributed by atoms with E-state index in [1.54, 1.807) is 0 Å². The summed E-state index contributed by atoms with van der Waals surface area (Å²) in [6.45, 7) is -0.225. The van der Waals surface area contributed by atoms with Crippen LogP contribution in [0.2, 0.25) is 0 Å². The Kier molecular flexibility index (Phi) is 5.13. The number of rotatable bonds is 5. The van der Waals surface area contributed by atoms with Crippen molar-refractivity contribution in [3.63, 3.8) is 0 Å². The minimum atomic E-state index is -0.796. The predicted molar refractivity (Wildman–Crippen MR) is 93.1 cm³/mol. The molecule has 0 saturated carbocycles. The first kappa shape index (κ1) is 18.8. The molecule has 0 bridgehead atoms. The standard InChI is InChI=1S/C16H15N3O7S/c1-26-16(23)11-7-27-8-18(11)12(20)5-6-17-14(21)9-3-2-4-10(19(24)25)13(9)15(17)22/h2-4,11H,5-8H2,1H3/t11-/m0/s1. The lowest BCUT2D eigenvalue weighted by Gasteiger charge is -2.22. The van der Waals surface area contributed by atoms with Gasteiger partial charge in [-0.1, -0.05) is 6.07 Å².